The summed E-state index contributed by atoms with van der Waals surface area (Å²) in [6.45, 7) is 4.70. The molecule has 132 valence electrons. The smallest absolute Gasteiger partial charge is 0.272 e. The first kappa shape index (κ1) is 21.0. The fraction of sp³-hybridized carbons (Fsp3) is 0.412. The van der Waals surface area contributed by atoms with Crippen molar-refractivity contribution in [3.63, 3.8) is 0 Å². The van der Waals surface area contributed by atoms with E-state index in [0.717, 1.165) is 43.4 Å². The van der Waals surface area contributed by atoms with Crippen molar-refractivity contribution in [2.24, 2.45) is 0 Å². The molecule has 1 aromatic carbocycles. The average molecular weight is 391 g/mol. The zero-order valence-corrected chi connectivity index (χ0v) is 15.9. The molecular weight excluding hydrogens is 369 g/mol. The molecule has 1 atom stereocenters. The van der Waals surface area contributed by atoms with Crippen LogP contribution in [0.1, 0.15) is 30.3 Å². The number of amides is 1. The van der Waals surface area contributed by atoms with Crippen molar-refractivity contribution < 1.29 is 4.79 Å². The molecule has 1 saturated heterocycles. The minimum absolute atomic E-state index is 0. The van der Waals surface area contributed by atoms with Gasteiger partial charge in [0.05, 0.1) is 5.52 Å². The monoisotopic (exact) mass is 389 g/mol. The van der Waals surface area contributed by atoms with E-state index in [9.17, 15) is 4.79 Å². The molecule has 1 amide bonds. The number of hydrogen-bond donors (Lipinski definition) is 1. The van der Waals surface area contributed by atoms with Crippen LogP contribution < -0.4 is 5.32 Å². The molecule has 1 aliphatic rings. The lowest BCUT2D eigenvalue weighted by atomic mass is 10.1. The maximum atomic E-state index is 12.9. The Kier molecular flexibility index (Phi) is 8.23. The zero-order chi connectivity index (χ0) is 15.5. The van der Waals surface area contributed by atoms with Crippen molar-refractivity contribution in [1.82, 2.24) is 15.2 Å². The van der Waals surface area contributed by atoms with Gasteiger partial charge in [-0.1, -0.05) is 30.7 Å². The molecule has 2 heterocycles. The Balaban J connectivity index is 0.00000144. The summed E-state index contributed by atoms with van der Waals surface area (Å²) in [6, 6.07) is 9.57. The van der Waals surface area contributed by atoms with Gasteiger partial charge in [0, 0.05) is 29.5 Å². The highest BCUT2D eigenvalue weighted by Crippen LogP contribution is 2.20. The number of rotatable bonds is 4. The number of benzene rings is 1. The van der Waals surface area contributed by atoms with Gasteiger partial charge >= 0.3 is 0 Å². The van der Waals surface area contributed by atoms with E-state index in [1.165, 1.54) is 0 Å². The van der Waals surface area contributed by atoms with Gasteiger partial charge in [0.25, 0.3) is 5.91 Å². The summed E-state index contributed by atoms with van der Waals surface area (Å²) >= 11 is 6.02. The van der Waals surface area contributed by atoms with Crippen LogP contribution >= 0.6 is 36.4 Å². The third-order valence-electron chi connectivity index (χ3n) is 4.07. The normalized spacial score (nSPS) is 16.3. The first-order valence-electron chi connectivity index (χ1n) is 7.77. The summed E-state index contributed by atoms with van der Waals surface area (Å²) in [7, 11) is 0. The fourth-order valence-corrected chi connectivity index (χ4v) is 3.12. The van der Waals surface area contributed by atoms with Gasteiger partial charge in [0.1, 0.15) is 5.69 Å². The van der Waals surface area contributed by atoms with Gasteiger partial charge in [0.2, 0.25) is 0 Å². The van der Waals surface area contributed by atoms with Crippen molar-refractivity contribution in [2.45, 2.75) is 25.8 Å². The van der Waals surface area contributed by atoms with Crippen LogP contribution in [0.25, 0.3) is 10.9 Å². The van der Waals surface area contributed by atoms with Crippen LogP contribution in [0.4, 0.5) is 0 Å². The quantitative estimate of drug-likeness (QED) is 0.860. The van der Waals surface area contributed by atoms with E-state index in [1.54, 1.807) is 6.07 Å². The second kappa shape index (κ2) is 9.42. The Morgan fingerprint density at radius 1 is 1.33 bits per heavy atom. The highest BCUT2D eigenvalue weighted by atomic mass is 35.5. The molecule has 0 radical (unpaired) electrons. The summed E-state index contributed by atoms with van der Waals surface area (Å²) in [6.07, 6.45) is 1.95. The molecule has 1 fully saturated rings. The van der Waals surface area contributed by atoms with Gasteiger partial charge in [-0.15, -0.1) is 24.8 Å². The molecule has 7 heteroatoms. The fourth-order valence-electron chi connectivity index (χ4n) is 2.95. The van der Waals surface area contributed by atoms with E-state index in [2.05, 4.69) is 17.2 Å². The van der Waals surface area contributed by atoms with E-state index < -0.39 is 0 Å². The van der Waals surface area contributed by atoms with Gasteiger partial charge in [0.15, 0.2) is 0 Å². The van der Waals surface area contributed by atoms with Crippen molar-refractivity contribution in [1.29, 1.82) is 0 Å². The molecule has 1 unspecified atom stereocenters. The van der Waals surface area contributed by atoms with Crippen molar-refractivity contribution >= 4 is 53.2 Å². The Hall–Kier alpha value is -1.07. The van der Waals surface area contributed by atoms with Crippen LogP contribution in [0.5, 0.6) is 0 Å². The maximum Gasteiger partial charge on any atom is 0.272 e. The number of nitrogens with zero attached hydrogens (tertiary/aromatic N) is 2. The van der Waals surface area contributed by atoms with E-state index in [1.807, 2.05) is 29.2 Å². The Labute approximate surface area is 159 Å². The molecule has 0 aliphatic carbocycles. The molecular formula is C17H22Cl3N3O. The van der Waals surface area contributed by atoms with Gasteiger partial charge in [-0.3, -0.25) is 4.79 Å². The number of carbonyl (C=O) groups is 1. The van der Waals surface area contributed by atoms with Crippen LogP contribution in [0, 0.1) is 0 Å². The molecule has 24 heavy (non-hydrogen) atoms. The zero-order valence-electron chi connectivity index (χ0n) is 13.5. The second-order valence-corrected chi connectivity index (χ2v) is 6.12. The second-order valence-electron chi connectivity index (χ2n) is 5.68. The Morgan fingerprint density at radius 2 is 2.08 bits per heavy atom. The summed E-state index contributed by atoms with van der Waals surface area (Å²) < 4.78 is 0. The standard InChI is InChI=1S/C17H20ClN3O.2ClH/c1-2-9-21(14-7-8-19-11-14)17(22)15-6-4-12-3-5-13(18)10-16(12)20-15;;/h3-6,10,14,19H,2,7-9,11H2,1H3;2*1H. The predicted molar refractivity (Wildman–Crippen MR) is 104 cm³/mol. The number of nitrogens with one attached hydrogen (secondary N) is 1. The number of halogens is 3. The lowest BCUT2D eigenvalue weighted by molar-refractivity contribution is 0.0686. The van der Waals surface area contributed by atoms with Crippen molar-refractivity contribution in [2.75, 3.05) is 19.6 Å². The summed E-state index contributed by atoms with van der Waals surface area (Å²) in [5, 5.41) is 4.95. The number of pyridine rings is 1. The molecule has 1 N–H and O–H groups in total. The minimum atomic E-state index is 0. The van der Waals surface area contributed by atoms with Crippen molar-refractivity contribution in [3.8, 4) is 0 Å². The largest absolute Gasteiger partial charge is 0.333 e. The van der Waals surface area contributed by atoms with Crippen LogP contribution in [0.3, 0.4) is 0 Å². The van der Waals surface area contributed by atoms with Crippen LogP contribution in [0.15, 0.2) is 30.3 Å². The van der Waals surface area contributed by atoms with Crippen molar-refractivity contribution in [3.05, 3.63) is 41.0 Å². The highest BCUT2D eigenvalue weighted by Gasteiger charge is 2.27. The van der Waals surface area contributed by atoms with Gasteiger partial charge in [-0.05, 0) is 37.6 Å². The molecule has 0 saturated carbocycles. The summed E-state index contributed by atoms with van der Waals surface area (Å²) in [5.41, 5.74) is 1.26. The van der Waals surface area contributed by atoms with Gasteiger partial charge in [-0.2, -0.15) is 0 Å². The van der Waals surface area contributed by atoms with E-state index in [-0.39, 0.29) is 36.8 Å². The van der Waals surface area contributed by atoms with E-state index in [4.69, 9.17) is 11.6 Å². The first-order chi connectivity index (χ1) is 10.7. The molecule has 4 nitrogen and oxygen atoms in total. The maximum absolute atomic E-state index is 12.9. The third-order valence-corrected chi connectivity index (χ3v) is 4.31. The molecule has 3 rings (SSSR count). The summed E-state index contributed by atoms with van der Waals surface area (Å²) in [5.74, 6) is 0.0115. The Bertz CT molecular complexity index is 690. The lowest BCUT2D eigenvalue weighted by Crippen LogP contribution is -2.42. The molecule has 2 aromatic rings. The lowest BCUT2D eigenvalue weighted by Gasteiger charge is -2.28. The number of carbonyl (C=O) groups excluding carboxylic acids is 1. The summed E-state index contributed by atoms with van der Waals surface area (Å²) in [4.78, 5) is 19.3. The number of fused-ring (bicyclic) bond motifs is 1. The molecule has 0 bridgehead atoms. The highest BCUT2D eigenvalue weighted by molar-refractivity contribution is 6.31. The number of aromatic nitrogens is 1. The van der Waals surface area contributed by atoms with Crippen LogP contribution in [-0.4, -0.2) is 41.5 Å². The molecule has 1 aliphatic heterocycles. The van der Waals surface area contributed by atoms with E-state index in [0.29, 0.717) is 10.7 Å². The third kappa shape index (κ3) is 4.51. The van der Waals surface area contributed by atoms with Gasteiger partial charge in [-0.25, -0.2) is 4.98 Å². The average Bonchev–Trinajstić information content (AvgIpc) is 3.05. The minimum Gasteiger partial charge on any atom is -0.333 e. The first-order valence-corrected chi connectivity index (χ1v) is 8.15. The SMILES string of the molecule is CCCN(C(=O)c1ccc2ccc(Cl)cc2n1)C1CCNC1.Cl.Cl. The molecule has 0 spiro atoms. The van der Waals surface area contributed by atoms with E-state index >= 15 is 0 Å². The van der Waals surface area contributed by atoms with Crippen LogP contribution in [0.2, 0.25) is 5.02 Å². The van der Waals surface area contributed by atoms with Crippen LogP contribution in [-0.2, 0) is 0 Å². The predicted octanol–water partition coefficient (Wildman–Crippen LogP) is 3.95. The molecule has 1 aromatic heterocycles. The Morgan fingerprint density at radius 3 is 2.75 bits per heavy atom. The number of hydrogen-bond acceptors (Lipinski definition) is 3. The topological polar surface area (TPSA) is 45.2 Å². The van der Waals surface area contributed by atoms with Gasteiger partial charge < -0.3 is 10.2 Å².